The van der Waals surface area contributed by atoms with Crippen LogP contribution in [-0.2, 0) is 4.74 Å². The van der Waals surface area contributed by atoms with Crippen LogP contribution in [0.2, 0.25) is 0 Å². The quantitative estimate of drug-likeness (QED) is 0.722. The lowest BCUT2D eigenvalue weighted by atomic mass is 9.92. The Kier molecular flexibility index (Phi) is 5.90. The molecule has 1 rings (SSSR count). The molecule has 0 radical (unpaired) electrons. The Balaban J connectivity index is 2.41. The molecule has 1 N–H and O–H groups in total. The van der Waals surface area contributed by atoms with Crippen LogP contribution in [0, 0.1) is 5.92 Å². The van der Waals surface area contributed by atoms with Gasteiger partial charge in [-0.3, -0.25) is 4.90 Å². The van der Waals surface area contributed by atoms with Crippen molar-refractivity contribution in [2.75, 3.05) is 33.4 Å². The van der Waals surface area contributed by atoms with Crippen molar-refractivity contribution in [3.05, 3.63) is 0 Å². The Bertz CT molecular complexity index is 216. The van der Waals surface area contributed by atoms with Crippen LogP contribution in [0.5, 0.6) is 0 Å². The molecule has 1 aliphatic heterocycles. The van der Waals surface area contributed by atoms with Gasteiger partial charge in [0.15, 0.2) is 0 Å². The van der Waals surface area contributed by atoms with Gasteiger partial charge in [-0.15, -0.1) is 0 Å². The van der Waals surface area contributed by atoms with Crippen molar-refractivity contribution in [3.8, 4) is 0 Å². The predicted octanol–water partition coefficient (Wildman–Crippen LogP) is 2.12. The summed E-state index contributed by atoms with van der Waals surface area (Å²) in [4.78, 5) is 2.64. The number of unbranched alkanes of at least 4 members (excludes halogenated alkanes) is 1. The fourth-order valence-electron chi connectivity index (χ4n) is 2.43. The van der Waals surface area contributed by atoms with Crippen molar-refractivity contribution < 1.29 is 4.74 Å². The average Bonchev–Trinajstić information content (AvgIpc) is 2.25. The molecule has 102 valence electrons. The van der Waals surface area contributed by atoms with Gasteiger partial charge in [-0.2, -0.15) is 0 Å². The zero-order valence-electron chi connectivity index (χ0n) is 12.3. The molecule has 0 aromatic heterocycles. The molecule has 0 amide bonds. The van der Waals surface area contributed by atoms with Gasteiger partial charge in [-0.1, -0.05) is 13.8 Å². The maximum atomic E-state index is 5.11. The summed E-state index contributed by atoms with van der Waals surface area (Å²) >= 11 is 0. The van der Waals surface area contributed by atoms with Crippen LogP contribution in [0.3, 0.4) is 0 Å². The second kappa shape index (κ2) is 6.72. The number of nitrogens with one attached hydrogen (secondary N) is 1. The Labute approximate surface area is 107 Å². The van der Waals surface area contributed by atoms with Gasteiger partial charge in [0.2, 0.25) is 0 Å². The van der Waals surface area contributed by atoms with E-state index in [1.54, 1.807) is 7.11 Å². The summed E-state index contributed by atoms with van der Waals surface area (Å²) in [7, 11) is 1.78. The van der Waals surface area contributed by atoms with E-state index < -0.39 is 0 Å². The SMILES string of the molecule is COCCCCN1CC(C(C)C)NCC1(C)C. The Hall–Kier alpha value is -0.120. The van der Waals surface area contributed by atoms with Crippen LogP contribution >= 0.6 is 0 Å². The molecule has 3 nitrogen and oxygen atoms in total. The highest BCUT2D eigenvalue weighted by atomic mass is 16.5. The number of piperazine rings is 1. The van der Waals surface area contributed by atoms with Crippen molar-refractivity contribution in [2.45, 2.75) is 52.1 Å². The second-order valence-electron chi connectivity index (χ2n) is 6.19. The van der Waals surface area contributed by atoms with Gasteiger partial charge in [0.05, 0.1) is 0 Å². The Morgan fingerprint density at radius 2 is 2.06 bits per heavy atom. The Morgan fingerprint density at radius 1 is 1.35 bits per heavy atom. The molecule has 1 aliphatic rings. The number of hydrogen-bond donors (Lipinski definition) is 1. The molecule has 0 aliphatic carbocycles. The van der Waals surface area contributed by atoms with E-state index in [-0.39, 0.29) is 0 Å². The molecule has 1 heterocycles. The summed E-state index contributed by atoms with van der Waals surface area (Å²) in [6.07, 6.45) is 2.41. The summed E-state index contributed by atoms with van der Waals surface area (Å²) < 4.78 is 5.11. The van der Waals surface area contributed by atoms with E-state index in [1.807, 2.05) is 0 Å². The molecule has 17 heavy (non-hydrogen) atoms. The largest absolute Gasteiger partial charge is 0.385 e. The van der Waals surface area contributed by atoms with Crippen LogP contribution in [0.15, 0.2) is 0 Å². The van der Waals surface area contributed by atoms with Crippen molar-refractivity contribution in [1.82, 2.24) is 10.2 Å². The predicted molar refractivity (Wildman–Crippen MR) is 73.4 cm³/mol. The van der Waals surface area contributed by atoms with E-state index in [0.717, 1.165) is 13.2 Å². The van der Waals surface area contributed by atoms with E-state index in [9.17, 15) is 0 Å². The molecule has 0 spiro atoms. The summed E-state index contributed by atoms with van der Waals surface area (Å²) in [5, 5.41) is 3.67. The first-order valence-corrected chi connectivity index (χ1v) is 6.95. The molecule has 3 heteroatoms. The topological polar surface area (TPSA) is 24.5 Å². The van der Waals surface area contributed by atoms with Gasteiger partial charge in [-0.25, -0.2) is 0 Å². The number of ether oxygens (including phenoxy) is 1. The van der Waals surface area contributed by atoms with Crippen LogP contribution in [-0.4, -0.2) is 49.8 Å². The van der Waals surface area contributed by atoms with Gasteiger partial charge in [0.25, 0.3) is 0 Å². The zero-order valence-corrected chi connectivity index (χ0v) is 12.3. The molecule has 1 atom stereocenters. The third kappa shape index (κ3) is 4.57. The standard InChI is InChI=1S/C14H30N2O/c1-12(2)13-10-16(8-6-7-9-17-5)14(3,4)11-15-13/h12-13,15H,6-11H2,1-5H3. The fourth-order valence-corrected chi connectivity index (χ4v) is 2.43. The third-order valence-corrected chi connectivity index (χ3v) is 3.90. The van der Waals surface area contributed by atoms with Crippen LogP contribution < -0.4 is 5.32 Å². The molecule has 0 aromatic rings. The molecule has 1 unspecified atom stereocenters. The molecule has 0 saturated carbocycles. The highest BCUT2D eigenvalue weighted by molar-refractivity contribution is 4.93. The second-order valence-corrected chi connectivity index (χ2v) is 6.19. The lowest BCUT2D eigenvalue weighted by Crippen LogP contribution is -2.63. The van der Waals surface area contributed by atoms with E-state index >= 15 is 0 Å². The molecule has 0 aromatic carbocycles. The van der Waals surface area contributed by atoms with Crippen molar-refractivity contribution in [3.63, 3.8) is 0 Å². The average molecular weight is 242 g/mol. The number of methoxy groups -OCH3 is 1. The molecular formula is C14H30N2O. The molecule has 0 bridgehead atoms. The summed E-state index contributed by atoms with van der Waals surface area (Å²) in [5.41, 5.74) is 0.290. The minimum Gasteiger partial charge on any atom is -0.385 e. The van der Waals surface area contributed by atoms with Crippen LogP contribution in [0.25, 0.3) is 0 Å². The van der Waals surface area contributed by atoms with E-state index in [2.05, 4.69) is 37.9 Å². The van der Waals surface area contributed by atoms with Crippen LogP contribution in [0.1, 0.15) is 40.5 Å². The lowest BCUT2D eigenvalue weighted by molar-refractivity contribution is 0.0511. The number of rotatable bonds is 6. The van der Waals surface area contributed by atoms with E-state index in [4.69, 9.17) is 4.74 Å². The van der Waals surface area contributed by atoms with Crippen molar-refractivity contribution in [1.29, 1.82) is 0 Å². The van der Waals surface area contributed by atoms with Gasteiger partial charge in [-0.05, 0) is 39.2 Å². The molecular weight excluding hydrogens is 212 g/mol. The fraction of sp³-hybridized carbons (Fsp3) is 1.00. The first-order chi connectivity index (χ1) is 7.97. The highest BCUT2D eigenvalue weighted by Gasteiger charge is 2.34. The van der Waals surface area contributed by atoms with Gasteiger partial charge >= 0.3 is 0 Å². The normalized spacial score (nSPS) is 25.4. The van der Waals surface area contributed by atoms with Crippen LogP contribution in [0.4, 0.5) is 0 Å². The zero-order chi connectivity index (χ0) is 12.9. The monoisotopic (exact) mass is 242 g/mol. The van der Waals surface area contributed by atoms with Crippen molar-refractivity contribution in [2.24, 2.45) is 5.92 Å². The summed E-state index contributed by atoms with van der Waals surface area (Å²) in [6.45, 7) is 13.6. The minimum atomic E-state index is 0.290. The maximum Gasteiger partial charge on any atom is 0.0462 e. The first-order valence-electron chi connectivity index (χ1n) is 6.95. The van der Waals surface area contributed by atoms with Crippen molar-refractivity contribution >= 4 is 0 Å². The Morgan fingerprint density at radius 3 is 2.65 bits per heavy atom. The molecule has 1 saturated heterocycles. The third-order valence-electron chi connectivity index (χ3n) is 3.90. The van der Waals surface area contributed by atoms with E-state index in [1.165, 1.54) is 25.9 Å². The smallest absolute Gasteiger partial charge is 0.0462 e. The number of nitrogens with zero attached hydrogens (tertiary/aromatic N) is 1. The summed E-state index contributed by atoms with van der Waals surface area (Å²) in [6, 6.07) is 0.644. The lowest BCUT2D eigenvalue weighted by Gasteiger charge is -2.47. The maximum absolute atomic E-state index is 5.11. The van der Waals surface area contributed by atoms with Gasteiger partial charge in [0, 0.05) is 38.4 Å². The highest BCUT2D eigenvalue weighted by Crippen LogP contribution is 2.21. The summed E-state index contributed by atoms with van der Waals surface area (Å²) in [5.74, 6) is 0.715. The van der Waals surface area contributed by atoms with Gasteiger partial charge < -0.3 is 10.1 Å². The first kappa shape index (κ1) is 14.9. The molecule has 1 fully saturated rings. The number of hydrogen-bond acceptors (Lipinski definition) is 3. The van der Waals surface area contributed by atoms with Gasteiger partial charge in [0.1, 0.15) is 0 Å². The minimum absolute atomic E-state index is 0.290. The van der Waals surface area contributed by atoms with E-state index in [0.29, 0.717) is 17.5 Å².